The van der Waals surface area contributed by atoms with Crippen molar-refractivity contribution < 1.29 is 34.8 Å². The van der Waals surface area contributed by atoms with Crippen molar-refractivity contribution in [3.05, 3.63) is 73.4 Å². The Morgan fingerprint density at radius 2 is 1.87 bits per heavy atom. The van der Waals surface area contributed by atoms with Crippen LogP contribution in [-0.4, -0.2) is 68.5 Å². The minimum Gasteiger partial charge on any atom is -0.510 e. The van der Waals surface area contributed by atoms with E-state index in [-0.39, 0.29) is 29.7 Å². The summed E-state index contributed by atoms with van der Waals surface area (Å²) in [7, 11) is 3.20. The van der Waals surface area contributed by atoms with Crippen LogP contribution in [0.1, 0.15) is 38.3 Å². The number of aromatic hydroxyl groups is 1. The molecule has 0 spiro atoms. The molecule has 1 heterocycles. The minimum absolute atomic E-state index is 0.00386. The smallest absolute Gasteiger partial charge is 0.255 e. The average molecular weight is 537 g/mol. The first-order chi connectivity index (χ1) is 17.9. The fourth-order valence-corrected chi connectivity index (χ4v) is 6.97. The molecule has 198 valence electrons. The van der Waals surface area contributed by atoms with Crippen LogP contribution in [0, 0.1) is 18.8 Å². The van der Waals surface area contributed by atoms with Gasteiger partial charge in [-0.2, -0.15) is 0 Å². The number of nitrogens with zero attached hydrogens (tertiary/aromatic N) is 1. The Morgan fingerprint density at radius 1 is 1.16 bits per heavy atom. The molecule has 4 atom stereocenters. The number of carbonyl (C=O) groups excluding carboxylic acids is 3. The lowest BCUT2D eigenvalue weighted by atomic mass is 9.58. The van der Waals surface area contributed by atoms with Crippen molar-refractivity contribution in [1.82, 2.24) is 4.90 Å². The number of rotatable bonds is 4. The zero-order valence-corrected chi connectivity index (χ0v) is 21.9. The van der Waals surface area contributed by atoms with E-state index in [1.165, 1.54) is 11.0 Å². The van der Waals surface area contributed by atoms with Gasteiger partial charge >= 0.3 is 0 Å². The highest BCUT2D eigenvalue weighted by Crippen LogP contribution is 2.52. The number of thiophene rings is 1. The van der Waals surface area contributed by atoms with E-state index >= 15 is 0 Å². The molecule has 3 aliphatic rings. The van der Waals surface area contributed by atoms with Crippen LogP contribution in [-0.2, 0) is 16.0 Å². The van der Waals surface area contributed by atoms with Gasteiger partial charge in [0.05, 0.1) is 11.6 Å². The number of phenols is 1. The molecule has 38 heavy (non-hydrogen) atoms. The van der Waals surface area contributed by atoms with E-state index in [1.807, 2.05) is 30.5 Å². The van der Waals surface area contributed by atoms with Gasteiger partial charge in [0.2, 0.25) is 5.78 Å². The number of benzene rings is 1. The Balaban J connectivity index is 1.67. The van der Waals surface area contributed by atoms with Crippen LogP contribution in [0.25, 0.3) is 12.2 Å². The summed E-state index contributed by atoms with van der Waals surface area (Å²) in [6, 6.07) is 4.10. The maximum atomic E-state index is 13.8. The Bertz CT molecular complexity index is 1500. The van der Waals surface area contributed by atoms with Crippen LogP contribution in [0.15, 0.2) is 46.2 Å². The van der Waals surface area contributed by atoms with Gasteiger partial charge in [0.1, 0.15) is 22.8 Å². The Hall–Kier alpha value is -3.73. The quantitative estimate of drug-likeness (QED) is 0.373. The molecule has 10 heteroatoms. The Morgan fingerprint density at radius 3 is 2.47 bits per heavy atom. The number of allylic oxidation sites excluding steroid dienone is 1. The number of fused-ring (bicyclic) bond motifs is 3. The lowest BCUT2D eigenvalue weighted by Gasteiger charge is -2.50. The molecule has 0 radical (unpaired) electrons. The van der Waals surface area contributed by atoms with Crippen molar-refractivity contribution >= 4 is 41.0 Å². The molecular weight excluding hydrogens is 508 g/mol. The van der Waals surface area contributed by atoms with E-state index in [1.54, 1.807) is 31.5 Å². The number of Topliss-reactive ketones (excluding diaryl/α,β-unsaturated/α-hetero) is 2. The summed E-state index contributed by atoms with van der Waals surface area (Å²) in [6.45, 7) is 2.00. The second kappa shape index (κ2) is 8.93. The number of phenolic OH excluding ortho intramolecular Hbond substituents is 1. The average Bonchev–Trinajstić information content (AvgIpc) is 3.25. The van der Waals surface area contributed by atoms with Gasteiger partial charge in [0, 0.05) is 16.4 Å². The number of carbonyl (C=O) groups is 3. The number of nitrogens with two attached hydrogens (primary N) is 1. The van der Waals surface area contributed by atoms with Crippen LogP contribution in [0.5, 0.6) is 5.75 Å². The molecule has 0 bridgehead atoms. The number of hydrogen-bond acceptors (Lipinski definition) is 9. The number of ketones is 2. The first-order valence-corrected chi connectivity index (χ1v) is 13.0. The third-order valence-electron chi connectivity index (χ3n) is 7.96. The largest absolute Gasteiger partial charge is 0.510 e. The predicted octanol–water partition coefficient (Wildman–Crippen LogP) is 2.66. The van der Waals surface area contributed by atoms with Crippen LogP contribution in [0.2, 0.25) is 0 Å². The van der Waals surface area contributed by atoms with E-state index in [0.717, 1.165) is 16.0 Å². The van der Waals surface area contributed by atoms with E-state index < -0.39 is 58.0 Å². The summed E-state index contributed by atoms with van der Waals surface area (Å²) >= 11 is 1.58. The first kappa shape index (κ1) is 25.9. The lowest BCUT2D eigenvalue weighted by molar-refractivity contribution is -0.148. The lowest BCUT2D eigenvalue weighted by Crippen LogP contribution is -2.63. The second-order valence-electron chi connectivity index (χ2n) is 10.3. The topological polar surface area (TPSA) is 161 Å². The van der Waals surface area contributed by atoms with Crippen molar-refractivity contribution in [2.45, 2.75) is 31.4 Å². The molecule has 2 aromatic rings. The van der Waals surface area contributed by atoms with Gasteiger partial charge in [-0.05, 0) is 80.1 Å². The van der Waals surface area contributed by atoms with Gasteiger partial charge in [0.15, 0.2) is 11.4 Å². The summed E-state index contributed by atoms with van der Waals surface area (Å²) in [6.07, 6.45) is 4.11. The van der Waals surface area contributed by atoms with Crippen LogP contribution in [0.4, 0.5) is 0 Å². The van der Waals surface area contributed by atoms with Gasteiger partial charge in [0.25, 0.3) is 5.91 Å². The van der Waals surface area contributed by atoms with Gasteiger partial charge in [-0.3, -0.25) is 19.3 Å². The summed E-state index contributed by atoms with van der Waals surface area (Å²) in [5, 5.41) is 46.5. The highest BCUT2D eigenvalue weighted by atomic mass is 32.1. The fourth-order valence-electron chi connectivity index (χ4n) is 6.15. The molecule has 1 amide bonds. The second-order valence-corrected chi connectivity index (χ2v) is 11.2. The maximum absolute atomic E-state index is 13.8. The van der Waals surface area contributed by atoms with Crippen LogP contribution < -0.4 is 5.73 Å². The molecule has 0 saturated carbocycles. The molecule has 9 nitrogen and oxygen atoms in total. The predicted molar refractivity (Wildman–Crippen MR) is 142 cm³/mol. The Kier molecular flexibility index (Phi) is 6.09. The monoisotopic (exact) mass is 536 g/mol. The van der Waals surface area contributed by atoms with Crippen molar-refractivity contribution in [2.24, 2.45) is 17.6 Å². The van der Waals surface area contributed by atoms with E-state index in [2.05, 4.69) is 0 Å². The molecule has 1 aromatic heterocycles. The van der Waals surface area contributed by atoms with Crippen molar-refractivity contribution in [3.63, 3.8) is 0 Å². The molecule has 3 aliphatic carbocycles. The van der Waals surface area contributed by atoms with Crippen molar-refractivity contribution in [2.75, 3.05) is 14.1 Å². The molecule has 0 unspecified atom stereocenters. The third-order valence-corrected chi connectivity index (χ3v) is 8.94. The summed E-state index contributed by atoms with van der Waals surface area (Å²) in [4.78, 5) is 41.7. The summed E-state index contributed by atoms with van der Waals surface area (Å²) in [5.41, 5.74) is 4.14. The summed E-state index contributed by atoms with van der Waals surface area (Å²) < 4.78 is 0. The van der Waals surface area contributed by atoms with E-state index in [9.17, 15) is 34.8 Å². The number of aryl methyl sites for hydroxylation is 1. The highest BCUT2D eigenvalue weighted by Gasteiger charge is 2.63. The SMILES string of the molecule is Cc1ccsc1/C=C/c1ccc(O)c2c1C[C@H]1C[C@H]3[C@H](N(C)C)C(O)=C(C(N)=O)C(=O)[C@@]3(O)C(O)=C1C2=O. The Labute approximate surface area is 222 Å². The molecule has 1 aromatic carbocycles. The van der Waals surface area contributed by atoms with Crippen molar-refractivity contribution in [1.29, 1.82) is 0 Å². The molecular formula is C28H28N2O7S. The van der Waals surface area contributed by atoms with Gasteiger partial charge in [-0.25, -0.2) is 0 Å². The van der Waals surface area contributed by atoms with E-state index in [4.69, 9.17) is 5.73 Å². The summed E-state index contributed by atoms with van der Waals surface area (Å²) in [5.74, 6) is -6.60. The zero-order chi connectivity index (χ0) is 27.7. The molecule has 0 fully saturated rings. The van der Waals surface area contributed by atoms with Gasteiger partial charge in [-0.1, -0.05) is 12.1 Å². The third kappa shape index (κ3) is 3.55. The minimum atomic E-state index is -2.64. The van der Waals surface area contributed by atoms with Crippen LogP contribution >= 0.6 is 11.3 Å². The number of hydrogen-bond donors (Lipinski definition) is 5. The van der Waals surface area contributed by atoms with Crippen molar-refractivity contribution in [3.8, 4) is 5.75 Å². The number of aliphatic hydroxyl groups is 3. The van der Waals surface area contributed by atoms with E-state index in [0.29, 0.717) is 5.56 Å². The molecule has 0 saturated heterocycles. The van der Waals surface area contributed by atoms with Crippen LogP contribution in [0.3, 0.4) is 0 Å². The molecule has 6 N–H and O–H groups in total. The van der Waals surface area contributed by atoms with Gasteiger partial charge < -0.3 is 26.2 Å². The maximum Gasteiger partial charge on any atom is 0.255 e. The highest BCUT2D eigenvalue weighted by molar-refractivity contribution is 7.11. The normalized spacial score (nSPS) is 27.1. The number of aliphatic hydroxyl groups excluding tert-OH is 2. The number of likely N-dealkylation sites (N-methyl/N-ethyl adjacent to an activating group) is 1. The molecule has 5 rings (SSSR count). The number of primary amides is 1. The molecule has 0 aliphatic heterocycles. The standard InChI is InChI=1S/C28H28N2O7S/c1-12-8-9-38-18(12)7-5-13-4-6-17(31)20-15(13)10-14-11-16-22(30(2)3)24(33)21(27(29)36)26(35)28(16,37)25(34)19(14)23(20)32/h4-9,14,16,22,31,33-34,37H,10-11H2,1-3H3,(H2,29,36)/b7-5+/t14-,16-,22-,28-/m0/s1. The fraction of sp³-hybridized carbons (Fsp3) is 0.321. The number of amides is 1. The zero-order valence-electron chi connectivity index (χ0n) is 21.1. The first-order valence-electron chi connectivity index (χ1n) is 12.1. The van der Waals surface area contributed by atoms with Gasteiger partial charge in [-0.15, -0.1) is 11.3 Å².